The van der Waals surface area contributed by atoms with Crippen LogP contribution in [0.3, 0.4) is 0 Å². The summed E-state index contributed by atoms with van der Waals surface area (Å²) in [7, 11) is -4.13. The maximum absolute atomic E-state index is 10.4. The maximum atomic E-state index is 10.4. The zero-order valence-corrected chi connectivity index (χ0v) is 14.7. The molecule has 0 aromatic carbocycles. The molecule has 0 aliphatic carbocycles. The summed E-state index contributed by atoms with van der Waals surface area (Å²) in [5.74, 6) is 1.06. The van der Waals surface area contributed by atoms with Crippen LogP contribution in [-0.2, 0) is 10.1 Å². The zero-order chi connectivity index (χ0) is 12.3. The third-order valence-corrected chi connectivity index (χ3v) is 3.68. The van der Waals surface area contributed by atoms with E-state index in [0.29, 0.717) is 18.9 Å². The molecular formula is C9H12KNO5S2. The Hall–Kier alpha value is 0.806. The number of rotatable bonds is 5. The van der Waals surface area contributed by atoms with Crippen LogP contribution >= 0.6 is 11.3 Å². The second-order valence-electron chi connectivity index (χ2n) is 3.59. The van der Waals surface area contributed by atoms with E-state index in [2.05, 4.69) is 5.32 Å². The van der Waals surface area contributed by atoms with Crippen molar-refractivity contribution in [3.05, 3.63) is 10.8 Å². The van der Waals surface area contributed by atoms with Gasteiger partial charge in [0.05, 0.1) is 10.1 Å². The fourth-order valence-electron chi connectivity index (χ4n) is 1.43. The van der Waals surface area contributed by atoms with E-state index in [0.717, 1.165) is 5.75 Å². The first-order valence-corrected chi connectivity index (χ1v) is 7.59. The first-order valence-electron chi connectivity index (χ1n) is 5.07. The third kappa shape index (κ3) is 5.43. The summed E-state index contributed by atoms with van der Waals surface area (Å²) < 4.78 is 42.1. The second-order valence-corrected chi connectivity index (χ2v) is 5.85. The molecule has 0 radical (unpaired) electrons. The smallest absolute Gasteiger partial charge is 0.748 e. The fraction of sp³-hybridized carbons (Fsp3) is 0.556. The third-order valence-electron chi connectivity index (χ3n) is 2.20. The number of thiophene rings is 1. The molecule has 1 N–H and O–H groups in total. The molecule has 1 aromatic heterocycles. The van der Waals surface area contributed by atoms with Crippen molar-refractivity contribution < 1.29 is 73.8 Å². The van der Waals surface area contributed by atoms with Gasteiger partial charge in [-0.25, -0.2) is 8.42 Å². The van der Waals surface area contributed by atoms with Crippen LogP contribution in [0.15, 0.2) is 10.8 Å². The van der Waals surface area contributed by atoms with Gasteiger partial charge in [-0.2, -0.15) is 0 Å². The molecular weight excluding hydrogens is 305 g/mol. The van der Waals surface area contributed by atoms with Gasteiger partial charge in [0.15, 0.2) is 17.7 Å². The van der Waals surface area contributed by atoms with E-state index in [9.17, 15) is 13.0 Å². The molecule has 1 aromatic rings. The maximum Gasteiger partial charge on any atom is 1.00 e. The van der Waals surface area contributed by atoms with E-state index in [1.54, 1.807) is 0 Å². The number of nitrogens with one attached hydrogen (secondary N) is 1. The summed E-state index contributed by atoms with van der Waals surface area (Å²) >= 11 is 1.49. The van der Waals surface area contributed by atoms with Gasteiger partial charge in [0.2, 0.25) is 0 Å². The van der Waals surface area contributed by atoms with Gasteiger partial charge in [0, 0.05) is 16.5 Å². The van der Waals surface area contributed by atoms with Crippen LogP contribution in [0.4, 0.5) is 0 Å². The van der Waals surface area contributed by atoms with Crippen molar-refractivity contribution in [1.29, 1.82) is 0 Å². The Morgan fingerprint density at radius 3 is 2.89 bits per heavy atom. The van der Waals surface area contributed by atoms with E-state index in [4.69, 9.17) is 9.47 Å². The van der Waals surface area contributed by atoms with Crippen molar-refractivity contribution in [3.8, 4) is 11.5 Å². The van der Waals surface area contributed by atoms with Crippen LogP contribution in [0.2, 0.25) is 0 Å². The fourth-order valence-corrected chi connectivity index (χ4v) is 2.60. The first kappa shape index (κ1) is 16.9. The average molecular weight is 317 g/mol. The Bertz CT molecular complexity index is 475. The Morgan fingerprint density at radius 2 is 2.17 bits per heavy atom. The first-order chi connectivity index (χ1) is 8.04. The minimum absolute atomic E-state index is 0. The topological polar surface area (TPSA) is 87.7 Å². The summed E-state index contributed by atoms with van der Waals surface area (Å²) in [4.78, 5) is 0. The van der Waals surface area contributed by atoms with Gasteiger partial charge in [-0.05, 0) is 13.0 Å². The quantitative estimate of drug-likeness (QED) is 0.363. The number of ether oxygens (including phenoxy) is 2. The molecule has 6 nitrogen and oxygen atoms in total. The second kappa shape index (κ2) is 7.55. The van der Waals surface area contributed by atoms with E-state index in [-0.39, 0.29) is 69.8 Å². The van der Waals surface area contributed by atoms with Crippen LogP contribution in [0.25, 0.3) is 0 Å². The van der Waals surface area contributed by atoms with Crippen LogP contribution < -0.4 is 66.2 Å². The monoisotopic (exact) mass is 317 g/mol. The van der Waals surface area contributed by atoms with Gasteiger partial charge in [-0.3, -0.25) is 5.32 Å². The molecule has 0 bridgehead atoms. The van der Waals surface area contributed by atoms with E-state index >= 15 is 0 Å². The predicted molar refractivity (Wildman–Crippen MR) is 61.4 cm³/mol. The molecule has 0 fully saturated rings. The summed E-state index contributed by atoms with van der Waals surface area (Å²) in [6.07, 6.45) is -0.0335. The van der Waals surface area contributed by atoms with E-state index < -0.39 is 10.1 Å². The van der Waals surface area contributed by atoms with Gasteiger partial charge >= 0.3 is 51.4 Å². The molecule has 0 amide bonds. The molecule has 0 spiro atoms. The van der Waals surface area contributed by atoms with Gasteiger partial charge in [-0.1, -0.05) is 0 Å². The van der Waals surface area contributed by atoms with Crippen molar-refractivity contribution in [3.63, 3.8) is 0 Å². The van der Waals surface area contributed by atoms with Gasteiger partial charge < -0.3 is 14.0 Å². The van der Waals surface area contributed by atoms with Crippen LogP contribution in [0, 0.1) is 0 Å². The molecule has 1 aliphatic heterocycles. The molecule has 0 saturated heterocycles. The Labute approximate surface area is 152 Å². The molecule has 0 saturated carbocycles. The number of hydrogen-bond donors (Lipinski definition) is 1. The largest absolute Gasteiger partial charge is 1.00 e. The van der Waals surface area contributed by atoms with Crippen molar-refractivity contribution in [2.24, 2.45) is 0 Å². The normalized spacial score (nSPS) is 18.2. The molecule has 9 heteroatoms. The SMILES string of the molecule is O=S(=O)([O-])CCCNC1COc2cscc2O1.[K+]. The molecule has 2 heterocycles. The predicted octanol–water partition coefficient (Wildman–Crippen LogP) is -2.63. The minimum atomic E-state index is -4.13. The van der Waals surface area contributed by atoms with Crippen molar-refractivity contribution in [2.45, 2.75) is 12.6 Å². The van der Waals surface area contributed by atoms with Crippen LogP contribution in [-0.4, -0.2) is 38.1 Å². The number of fused-ring (bicyclic) bond motifs is 1. The summed E-state index contributed by atoms with van der Waals surface area (Å²) in [5, 5.41) is 6.67. The minimum Gasteiger partial charge on any atom is -0.748 e. The van der Waals surface area contributed by atoms with Crippen LogP contribution in [0.5, 0.6) is 11.5 Å². The van der Waals surface area contributed by atoms with Crippen LogP contribution in [0.1, 0.15) is 6.42 Å². The van der Waals surface area contributed by atoms with Gasteiger partial charge in [-0.15, -0.1) is 11.3 Å². The zero-order valence-electron chi connectivity index (χ0n) is 9.92. The van der Waals surface area contributed by atoms with E-state index in [1.165, 1.54) is 11.3 Å². The Morgan fingerprint density at radius 1 is 1.44 bits per heavy atom. The van der Waals surface area contributed by atoms with Gasteiger partial charge in [0.25, 0.3) is 0 Å². The molecule has 2 rings (SSSR count). The average Bonchev–Trinajstić information content (AvgIpc) is 2.70. The Balaban J connectivity index is 0.00000162. The molecule has 1 unspecified atom stereocenters. The van der Waals surface area contributed by atoms with Crippen molar-refractivity contribution >= 4 is 21.5 Å². The standard InChI is InChI=1S/C9H13NO5S2.K/c11-17(12,13)3-1-2-10-9-4-14-7-5-16-6-8(7)15-9;/h5-6,9-10H,1-4H2,(H,11,12,13);/q;+1/p-1. The number of hydrogen-bond acceptors (Lipinski definition) is 7. The molecule has 18 heavy (non-hydrogen) atoms. The van der Waals surface area contributed by atoms with Crippen molar-refractivity contribution in [2.75, 3.05) is 18.9 Å². The molecule has 96 valence electrons. The molecule has 1 aliphatic rings. The summed E-state index contributed by atoms with van der Waals surface area (Å²) in [6.45, 7) is 0.767. The van der Waals surface area contributed by atoms with Crippen molar-refractivity contribution in [1.82, 2.24) is 5.32 Å². The molecule has 1 atom stereocenters. The summed E-state index contributed by atoms with van der Waals surface area (Å²) in [5.41, 5.74) is 0. The summed E-state index contributed by atoms with van der Waals surface area (Å²) in [6, 6.07) is 0. The Kier molecular flexibility index (Phi) is 7.07. The van der Waals surface area contributed by atoms with Gasteiger partial charge in [0.1, 0.15) is 6.61 Å². The van der Waals surface area contributed by atoms with E-state index in [1.807, 2.05) is 10.8 Å².